The van der Waals surface area contributed by atoms with Crippen LogP contribution in [0.15, 0.2) is 60.7 Å². The van der Waals surface area contributed by atoms with Crippen LogP contribution in [-0.2, 0) is 13.0 Å². The zero-order valence-electron chi connectivity index (χ0n) is 16.5. The Labute approximate surface area is 170 Å². The normalized spacial score (nSPS) is 12.4. The Kier molecular flexibility index (Phi) is 4.80. The van der Waals surface area contributed by atoms with Gasteiger partial charge in [-0.15, -0.1) is 0 Å². The van der Waals surface area contributed by atoms with Gasteiger partial charge in [-0.2, -0.15) is 0 Å². The maximum absolute atomic E-state index is 12.3. The summed E-state index contributed by atoms with van der Waals surface area (Å²) in [6.07, 6.45) is 0.741. The lowest BCUT2D eigenvalue weighted by atomic mass is 9.94. The van der Waals surface area contributed by atoms with Crippen LogP contribution in [0.25, 0.3) is 11.1 Å². The quantitative estimate of drug-likeness (QED) is 0.684. The summed E-state index contributed by atoms with van der Waals surface area (Å²) in [5, 5.41) is 2.89. The van der Waals surface area contributed by atoms with Crippen molar-refractivity contribution in [3.05, 3.63) is 82.9 Å². The van der Waals surface area contributed by atoms with E-state index in [-0.39, 0.29) is 5.91 Å². The molecule has 0 saturated carbocycles. The highest BCUT2D eigenvalue weighted by Gasteiger charge is 2.23. The van der Waals surface area contributed by atoms with Crippen molar-refractivity contribution in [3.8, 4) is 11.1 Å². The Morgan fingerprint density at radius 3 is 2.55 bits per heavy atom. The van der Waals surface area contributed by atoms with Gasteiger partial charge in [0.25, 0.3) is 5.91 Å². The Hall–Kier alpha value is -3.60. The smallest absolute Gasteiger partial charge is 0.323 e. The summed E-state index contributed by atoms with van der Waals surface area (Å²) >= 11 is 0. The molecule has 0 aromatic heterocycles. The van der Waals surface area contributed by atoms with Crippen LogP contribution in [0.2, 0.25) is 0 Å². The molecule has 0 radical (unpaired) electrons. The van der Waals surface area contributed by atoms with Crippen molar-refractivity contribution >= 4 is 23.3 Å². The predicted octanol–water partition coefficient (Wildman–Crippen LogP) is 4.68. The molecule has 3 N–H and O–H groups in total. The molecule has 29 heavy (non-hydrogen) atoms. The molecule has 0 aliphatic carbocycles. The van der Waals surface area contributed by atoms with Crippen molar-refractivity contribution in [2.45, 2.75) is 26.8 Å². The van der Waals surface area contributed by atoms with E-state index in [2.05, 4.69) is 18.3 Å². The minimum atomic E-state index is -0.520. The molecule has 5 nitrogen and oxygen atoms in total. The Balaban J connectivity index is 1.82. The Morgan fingerprint density at radius 2 is 1.83 bits per heavy atom. The number of hydrogen-bond acceptors (Lipinski definition) is 2. The molecule has 3 aromatic carbocycles. The van der Waals surface area contributed by atoms with Gasteiger partial charge in [-0.3, -0.25) is 9.69 Å². The number of hydrogen-bond donors (Lipinski definition) is 2. The van der Waals surface area contributed by atoms with E-state index in [0.717, 1.165) is 51.2 Å². The first-order valence-electron chi connectivity index (χ1n) is 9.69. The van der Waals surface area contributed by atoms with E-state index >= 15 is 0 Å². The van der Waals surface area contributed by atoms with E-state index in [9.17, 15) is 9.59 Å². The monoisotopic (exact) mass is 385 g/mol. The van der Waals surface area contributed by atoms with Gasteiger partial charge in [-0.1, -0.05) is 37.3 Å². The van der Waals surface area contributed by atoms with Gasteiger partial charge >= 0.3 is 6.03 Å². The summed E-state index contributed by atoms with van der Waals surface area (Å²) in [6, 6.07) is 19.0. The van der Waals surface area contributed by atoms with Crippen LogP contribution >= 0.6 is 0 Å². The van der Waals surface area contributed by atoms with Crippen molar-refractivity contribution in [3.63, 3.8) is 0 Å². The highest BCUT2D eigenvalue weighted by atomic mass is 16.2. The first kappa shape index (κ1) is 18.7. The van der Waals surface area contributed by atoms with E-state index in [1.807, 2.05) is 61.5 Å². The van der Waals surface area contributed by atoms with E-state index in [0.29, 0.717) is 6.54 Å². The lowest BCUT2D eigenvalue weighted by Crippen LogP contribution is -2.32. The fourth-order valence-corrected chi connectivity index (χ4v) is 3.93. The zero-order valence-corrected chi connectivity index (χ0v) is 16.5. The summed E-state index contributed by atoms with van der Waals surface area (Å²) in [5.74, 6) is -0.0338. The summed E-state index contributed by atoms with van der Waals surface area (Å²) in [5.41, 5.74) is 13.1. The number of benzene rings is 3. The molecular weight excluding hydrogens is 362 g/mol. The maximum atomic E-state index is 12.3. The van der Waals surface area contributed by atoms with Crippen LogP contribution in [0.5, 0.6) is 0 Å². The molecular formula is C24H23N3O2. The SMILES string of the molecule is CCc1cc(-c2cccc3c2CNC3=O)ccc1N(C(N)=O)c1cccc(C)c1. The first-order valence-corrected chi connectivity index (χ1v) is 9.69. The van der Waals surface area contributed by atoms with Crippen molar-refractivity contribution in [2.75, 3.05) is 4.90 Å². The third-order valence-corrected chi connectivity index (χ3v) is 5.34. The molecule has 3 aromatic rings. The van der Waals surface area contributed by atoms with Gasteiger partial charge in [0, 0.05) is 12.1 Å². The number of urea groups is 1. The zero-order chi connectivity index (χ0) is 20.5. The number of amides is 3. The summed E-state index contributed by atoms with van der Waals surface area (Å²) < 4.78 is 0. The van der Waals surface area contributed by atoms with Crippen molar-refractivity contribution in [1.82, 2.24) is 5.32 Å². The molecule has 0 saturated heterocycles. The Bertz CT molecular complexity index is 1120. The number of rotatable bonds is 4. The third kappa shape index (κ3) is 3.36. The van der Waals surface area contributed by atoms with Crippen LogP contribution < -0.4 is 16.0 Å². The van der Waals surface area contributed by atoms with Crippen LogP contribution in [0.4, 0.5) is 16.2 Å². The van der Waals surface area contributed by atoms with Crippen LogP contribution in [0.1, 0.15) is 34.0 Å². The van der Waals surface area contributed by atoms with E-state index in [4.69, 9.17) is 5.73 Å². The summed E-state index contributed by atoms with van der Waals surface area (Å²) in [4.78, 5) is 25.9. The Morgan fingerprint density at radius 1 is 1.07 bits per heavy atom. The molecule has 4 rings (SSSR count). The van der Waals surface area contributed by atoms with E-state index < -0.39 is 6.03 Å². The average Bonchev–Trinajstić information content (AvgIpc) is 3.09. The maximum Gasteiger partial charge on any atom is 0.323 e. The average molecular weight is 385 g/mol. The van der Waals surface area contributed by atoms with Gasteiger partial charge in [0.2, 0.25) is 0 Å². The molecule has 0 spiro atoms. The van der Waals surface area contributed by atoms with Crippen molar-refractivity contribution in [1.29, 1.82) is 0 Å². The van der Waals surface area contributed by atoms with Crippen molar-refractivity contribution in [2.24, 2.45) is 5.73 Å². The highest BCUT2D eigenvalue weighted by Crippen LogP contribution is 2.35. The number of nitrogens with one attached hydrogen (secondary N) is 1. The van der Waals surface area contributed by atoms with Gasteiger partial charge in [-0.05, 0) is 71.5 Å². The fraction of sp³-hybridized carbons (Fsp3) is 0.167. The number of carbonyl (C=O) groups is 2. The van der Waals surface area contributed by atoms with Gasteiger partial charge in [-0.25, -0.2) is 4.79 Å². The second kappa shape index (κ2) is 7.43. The number of anilines is 2. The molecule has 0 bridgehead atoms. The molecule has 1 aliphatic heterocycles. The topological polar surface area (TPSA) is 75.4 Å². The number of nitrogens with zero attached hydrogens (tertiary/aromatic N) is 1. The predicted molar refractivity (Wildman–Crippen MR) is 115 cm³/mol. The molecule has 5 heteroatoms. The minimum Gasteiger partial charge on any atom is -0.351 e. The highest BCUT2D eigenvalue weighted by molar-refractivity contribution is 6.01. The third-order valence-electron chi connectivity index (χ3n) is 5.34. The van der Waals surface area contributed by atoms with Gasteiger partial charge in [0.15, 0.2) is 0 Å². The lowest BCUT2D eigenvalue weighted by molar-refractivity contribution is 0.0965. The molecule has 146 valence electrons. The molecule has 0 unspecified atom stereocenters. The summed E-state index contributed by atoms with van der Waals surface area (Å²) in [7, 11) is 0. The van der Waals surface area contributed by atoms with Crippen LogP contribution in [0.3, 0.4) is 0 Å². The number of aryl methyl sites for hydroxylation is 2. The molecule has 0 fully saturated rings. The number of carbonyl (C=O) groups excluding carboxylic acids is 2. The van der Waals surface area contributed by atoms with Gasteiger partial charge < -0.3 is 11.1 Å². The first-order chi connectivity index (χ1) is 14.0. The number of nitrogens with two attached hydrogens (primary N) is 1. The molecule has 3 amide bonds. The standard InChI is InChI=1S/C24H23N3O2/c1-3-16-13-17(19-8-5-9-20-21(19)14-26-23(20)28)10-11-22(16)27(24(25)29)18-7-4-6-15(2)12-18/h4-13H,3,14H2,1-2H3,(H2,25,29)(H,26,28). The van der Waals surface area contributed by atoms with Crippen LogP contribution in [0, 0.1) is 6.92 Å². The minimum absolute atomic E-state index is 0.0338. The molecule has 1 aliphatic rings. The largest absolute Gasteiger partial charge is 0.351 e. The number of fused-ring (bicyclic) bond motifs is 1. The van der Waals surface area contributed by atoms with Gasteiger partial charge in [0.1, 0.15) is 0 Å². The fourth-order valence-electron chi connectivity index (χ4n) is 3.93. The van der Waals surface area contributed by atoms with Crippen LogP contribution in [-0.4, -0.2) is 11.9 Å². The lowest BCUT2D eigenvalue weighted by Gasteiger charge is -2.24. The van der Waals surface area contributed by atoms with E-state index in [1.165, 1.54) is 0 Å². The number of primary amides is 1. The van der Waals surface area contributed by atoms with Crippen molar-refractivity contribution < 1.29 is 9.59 Å². The summed E-state index contributed by atoms with van der Waals surface area (Å²) in [6.45, 7) is 4.57. The molecule has 1 heterocycles. The van der Waals surface area contributed by atoms with Gasteiger partial charge in [0.05, 0.1) is 11.4 Å². The second-order valence-corrected chi connectivity index (χ2v) is 7.22. The second-order valence-electron chi connectivity index (χ2n) is 7.22. The molecule has 0 atom stereocenters. The van der Waals surface area contributed by atoms with E-state index in [1.54, 1.807) is 4.90 Å².